The lowest BCUT2D eigenvalue weighted by molar-refractivity contribution is 0.127. The van der Waals surface area contributed by atoms with Crippen LogP contribution in [0.25, 0.3) is 11.0 Å². The highest BCUT2D eigenvalue weighted by Crippen LogP contribution is 2.35. The Balaban J connectivity index is 1.56. The van der Waals surface area contributed by atoms with Gasteiger partial charge in [-0.05, 0) is 55.8 Å². The molecule has 4 aromatic rings. The number of halogens is 2. The fraction of sp³-hybridized carbons (Fsp3) is 0.286. The first-order chi connectivity index (χ1) is 17.8. The number of aromatic nitrogens is 3. The van der Waals surface area contributed by atoms with Crippen molar-refractivity contribution in [3.8, 4) is 6.07 Å². The Morgan fingerprint density at radius 1 is 1.00 bits per heavy atom. The molecule has 5 rings (SSSR count). The van der Waals surface area contributed by atoms with Crippen molar-refractivity contribution in [3.63, 3.8) is 0 Å². The van der Waals surface area contributed by atoms with Gasteiger partial charge in [-0.2, -0.15) is 9.65 Å². The third kappa shape index (κ3) is 4.56. The number of nitriles is 1. The van der Waals surface area contributed by atoms with Crippen molar-refractivity contribution < 1.29 is 8.78 Å². The van der Waals surface area contributed by atoms with Crippen molar-refractivity contribution in [2.45, 2.75) is 32.0 Å². The predicted octanol–water partition coefficient (Wildman–Crippen LogP) is 4.17. The van der Waals surface area contributed by atoms with E-state index in [1.54, 1.807) is 49.5 Å². The van der Waals surface area contributed by atoms with E-state index in [0.29, 0.717) is 35.5 Å². The van der Waals surface area contributed by atoms with Gasteiger partial charge in [0.2, 0.25) is 5.95 Å². The van der Waals surface area contributed by atoms with Crippen molar-refractivity contribution in [3.05, 3.63) is 99.7 Å². The maximum absolute atomic E-state index is 14.2. The van der Waals surface area contributed by atoms with Gasteiger partial charge in [-0.3, -0.25) is 9.69 Å². The van der Waals surface area contributed by atoms with E-state index in [1.165, 1.54) is 22.8 Å². The van der Waals surface area contributed by atoms with Crippen molar-refractivity contribution in [1.29, 1.82) is 5.26 Å². The molecule has 0 bridgehead atoms. The van der Waals surface area contributed by atoms with E-state index in [0.717, 1.165) is 5.56 Å². The second-order valence-electron chi connectivity index (χ2n) is 9.49. The molecule has 0 radical (unpaired) electrons. The number of pyridine rings is 3. The summed E-state index contributed by atoms with van der Waals surface area (Å²) in [6, 6.07) is 17.4. The number of rotatable bonds is 4. The maximum atomic E-state index is 14.2. The first-order valence-electron chi connectivity index (χ1n) is 12.1. The van der Waals surface area contributed by atoms with Gasteiger partial charge < -0.3 is 9.47 Å². The van der Waals surface area contributed by atoms with Crippen LogP contribution in [0.2, 0.25) is 0 Å². The second kappa shape index (κ2) is 9.71. The van der Waals surface area contributed by atoms with Crippen LogP contribution in [0.5, 0.6) is 0 Å². The molecule has 3 aromatic heterocycles. The monoisotopic (exact) mass is 500 g/mol. The quantitative estimate of drug-likeness (QED) is 0.392. The summed E-state index contributed by atoms with van der Waals surface area (Å²) in [5.74, 6) is -0.919. The Morgan fingerprint density at radius 2 is 1.76 bits per heavy atom. The zero-order valence-corrected chi connectivity index (χ0v) is 20.8. The minimum Gasteiger partial charge on any atom is -0.364 e. The zero-order valence-electron chi connectivity index (χ0n) is 20.8. The van der Waals surface area contributed by atoms with E-state index in [1.807, 2.05) is 0 Å². The topological polar surface area (TPSA) is 78.0 Å². The summed E-state index contributed by atoms with van der Waals surface area (Å²) in [5, 5.41) is 9.41. The summed E-state index contributed by atoms with van der Waals surface area (Å²) in [7, 11) is 1.69. The van der Waals surface area contributed by atoms with Crippen molar-refractivity contribution in [2.24, 2.45) is 7.05 Å². The van der Waals surface area contributed by atoms with Crippen LogP contribution in [-0.4, -0.2) is 44.6 Å². The highest BCUT2D eigenvalue weighted by molar-refractivity contribution is 5.89. The minimum absolute atomic E-state index is 0.0467. The van der Waals surface area contributed by atoms with Crippen molar-refractivity contribution >= 4 is 16.7 Å². The number of piperazine rings is 1. The molecule has 188 valence electrons. The SMILES string of the molecule is C[C@@H]1CN(c2cc(=O)n(C)c3ccc(C#N)nc23)[C@@H](C)CN1C(c1ccc(F)cc1)c1cccc(F)n1. The summed E-state index contributed by atoms with van der Waals surface area (Å²) in [5.41, 5.74) is 3.39. The van der Waals surface area contributed by atoms with Gasteiger partial charge in [0.25, 0.3) is 5.56 Å². The van der Waals surface area contributed by atoms with Crippen LogP contribution in [0, 0.1) is 23.1 Å². The first-order valence-corrected chi connectivity index (χ1v) is 12.1. The van der Waals surface area contributed by atoms with Gasteiger partial charge in [-0.15, -0.1) is 0 Å². The van der Waals surface area contributed by atoms with E-state index < -0.39 is 5.95 Å². The molecule has 1 unspecified atom stereocenters. The molecule has 0 saturated carbocycles. The predicted molar refractivity (Wildman–Crippen MR) is 137 cm³/mol. The fourth-order valence-electron chi connectivity index (χ4n) is 5.20. The molecule has 0 aliphatic carbocycles. The molecule has 1 aliphatic rings. The van der Waals surface area contributed by atoms with Crippen LogP contribution in [-0.2, 0) is 7.05 Å². The maximum Gasteiger partial charge on any atom is 0.252 e. The first kappa shape index (κ1) is 24.5. The van der Waals surface area contributed by atoms with Crippen molar-refractivity contribution in [2.75, 3.05) is 18.0 Å². The zero-order chi connectivity index (χ0) is 26.3. The van der Waals surface area contributed by atoms with E-state index in [9.17, 15) is 18.8 Å². The average molecular weight is 501 g/mol. The van der Waals surface area contributed by atoms with Crippen molar-refractivity contribution in [1.82, 2.24) is 19.4 Å². The summed E-state index contributed by atoms with van der Waals surface area (Å²) in [6.45, 7) is 5.23. The number of benzene rings is 1. The Hall–Kier alpha value is -4.16. The van der Waals surface area contributed by atoms with Crippen LogP contribution >= 0.6 is 0 Å². The minimum atomic E-state index is -0.574. The molecule has 0 N–H and O–H groups in total. The molecule has 9 heteroatoms. The molecule has 0 spiro atoms. The third-order valence-corrected chi connectivity index (χ3v) is 7.06. The second-order valence-corrected chi connectivity index (χ2v) is 9.49. The summed E-state index contributed by atoms with van der Waals surface area (Å²) < 4.78 is 29.4. The molecule has 1 saturated heterocycles. The Bertz CT molecular complexity index is 1560. The van der Waals surface area contributed by atoms with Crippen LogP contribution in [0.3, 0.4) is 0 Å². The third-order valence-electron chi connectivity index (χ3n) is 7.06. The van der Waals surface area contributed by atoms with Crippen LogP contribution < -0.4 is 10.5 Å². The van der Waals surface area contributed by atoms with Crippen LogP contribution in [0.15, 0.2) is 65.5 Å². The number of aryl methyl sites for hydroxylation is 1. The number of anilines is 1. The smallest absolute Gasteiger partial charge is 0.252 e. The largest absolute Gasteiger partial charge is 0.364 e. The Morgan fingerprint density at radius 3 is 2.46 bits per heavy atom. The van der Waals surface area contributed by atoms with Gasteiger partial charge in [0.05, 0.1) is 22.9 Å². The highest BCUT2D eigenvalue weighted by atomic mass is 19.1. The molecule has 1 fully saturated rings. The normalized spacial score (nSPS) is 19.1. The number of hydrogen-bond acceptors (Lipinski definition) is 6. The van der Waals surface area contributed by atoms with E-state index in [2.05, 4.69) is 39.7 Å². The average Bonchev–Trinajstić information content (AvgIpc) is 2.89. The van der Waals surface area contributed by atoms with Gasteiger partial charge in [0.15, 0.2) is 0 Å². The standard InChI is InChI=1S/C28H26F2N6O/c1-17-16-36(28(19-7-9-20(29)10-8-19)22-5-4-6-25(30)33-22)18(2)15-35(17)24-13-26(37)34(3)23-12-11-21(14-31)32-27(23)24/h4-13,17-18,28H,15-16H2,1-3H3/t17-,18+,28?/m0/s1. The highest BCUT2D eigenvalue weighted by Gasteiger charge is 2.36. The number of fused-ring (bicyclic) bond motifs is 1. The van der Waals surface area contributed by atoms with Gasteiger partial charge in [0, 0.05) is 38.3 Å². The van der Waals surface area contributed by atoms with Gasteiger partial charge in [-0.25, -0.2) is 14.4 Å². The molecular weight excluding hydrogens is 474 g/mol. The number of nitrogens with zero attached hydrogens (tertiary/aromatic N) is 6. The Kier molecular flexibility index (Phi) is 6.44. The van der Waals surface area contributed by atoms with Gasteiger partial charge in [-0.1, -0.05) is 18.2 Å². The molecule has 1 aliphatic heterocycles. The molecule has 1 aromatic carbocycles. The van der Waals surface area contributed by atoms with E-state index >= 15 is 0 Å². The van der Waals surface area contributed by atoms with Crippen LogP contribution in [0.4, 0.5) is 14.5 Å². The number of hydrogen-bond donors (Lipinski definition) is 0. The van der Waals surface area contributed by atoms with Gasteiger partial charge >= 0.3 is 0 Å². The Labute approximate surface area is 213 Å². The lowest BCUT2D eigenvalue weighted by Gasteiger charge is -2.48. The summed E-state index contributed by atoms with van der Waals surface area (Å²) in [4.78, 5) is 25.9. The van der Waals surface area contributed by atoms with Gasteiger partial charge in [0.1, 0.15) is 23.1 Å². The van der Waals surface area contributed by atoms with E-state index in [4.69, 9.17) is 0 Å². The fourth-order valence-corrected chi connectivity index (χ4v) is 5.20. The molecule has 4 heterocycles. The molecule has 3 atom stereocenters. The summed E-state index contributed by atoms with van der Waals surface area (Å²) in [6.07, 6.45) is 0. The molecular formula is C28H26F2N6O. The molecule has 37 heavy (non-hydrogen) atoms. The molecule has 0 amide bonds. The van der Waals surface area contributed by atoms with E-state index in [-0.39, 0.29) is 35.2 Å². The summed E-state index contributed by atoms with van der Waals surface area (Å²) >= 11 is 0. The molecule has 7 nitrogen and oxygen atoms in total. The lowest BCUT2D eigenvalue weighted by Crippen LogP contribution is -2.57. The lowest BCUT2D eigenvalue weighted by atomic mass is 9.96. The van der Waals surface area contributed by atoms with Crippen LogP contribution in [0.1, 0.15) is 36.8 Å².